The Morgan fingerprint density at radius 1 is 1.40 bits per heavy atom. The number of aliphatic hydroxyl groups excluding tert-OH is 1. The van der Waals surface area contributed by atoms with Gasteiger partial charge in [0, 0.05) is 0 Å². The van der Waals surface area contributed by atoms with Gasteiger partial charge in [0.2, 0.25) is 0 Å². The van der Waals surface area contributed by atoms with Crippen LogP contribution < -0.4 is 0 Å². The van der Waals surface area contributed by atoms with Crippen LogP contribution in [0.25, 0.3) is 0 Å². The third-order valence-corrected chi connectivity index (χ3v) is 3.03. The summed E-state index contributed by atoms with van der Waals surface area (Å²) in [5.74, 6) is -0.940. The maximum Gasteiger partial charge on any atom is 0.306 e. The summed E-state index contributed by atoms with van der Waals surface area (Å²) >= 11 is 0. The van der Waals surface area contributed by atoms with Crippen LogP contribution in [0, 0.1) is 5.92 Å². The average molecular weight is 206 g/mol. The summed E-state index contributed by atoms with van der Waals surface area (Å²) in [4.78, 5) is 10.8. The number of carboxylic acid groups (broad SMARTS) is 1. The van der Waals surface area contributed by atoms with Crippen molar-refractivity contribution in [3.05, 3.63) is 34.9 Å². The Labute approximate surface area is 88.4 Å². The fourth-order valence-corrected chi connectivity index (χ4v) is 2.12. The molecule has 0 saturated heterocycles. The van der Waals surface area contributed by atoms with Crippen molar-refractivity contribution in [2.75, 3.05) is 0 Å². The normalized spacial score (nSPS) is 19.7. The number of carbonyl (C=O) groups is 1. The van der Waals surface area contributed by atoms with Gasteiger partial charge in [-0.3, -0.25) is 4.79 Å². The van der Waals surface area contributed by atoms with Gasteiger partial charge in [-0.15, -0.1) is 0 Å². The predicted octanol–water partition coefficient (Wildman–Crippen LogP) is 1.37. The largest absolute Gasteiger partial charge is 0.481 e. The molecule has 1 unspecified atom stereocenters. The van der Waals surface area contributed by atoms with Crippen LogP contribution >= 0.6 is 0 Å². The molecule has 15 heavy (non-hydrogen) atoms. The highest BCUT2D eigenvalue weighted by Gasteiger charge is 2.23. The number of benzene rings is 1. The van der Waals surface area contributed by atoms with Crippen molar-refractivity contribution >= 4 is 5.97 Å². The SMILES string of the molecule is O=C(O)C1CCc2cc(CO)ccc2C1. The van der Waals surface area contributed by atoms with E-state index < -0.39 is 5.97 Å². The molecule has 0 spiro atoms. The van der Waals surface area contributed by atoms with Crippen LogP contribution in [-0.2, 0) is 24.2 Å². The molecule has 0 bridgehead atoms. The van der Waals surface area contributed by atoms with Crippen molar-refractivity contribution in [2.45, 2.75) is 25.9 Å². The molecule has 3 heteroatoms. The van der Waals surface area contributed by atoms with Gasteiger partial charge in [0.15, 0.2) is 0 Å². The zero-order valence-corrected chi connectivity index (χ0v) is 8.44. The minimum atomic E-state index is -0.702. The number of hydrogen-bond donors (Lipinski definition) is 2. The lowest BCUT2D eigenvalue weighted by molar-refractivity contribution is -0.142. The summed E-state index contributed by atoms with van der Waals surface area (Å²) in [5, 5.41) is 17.9. The Hall–Kier alpha value is -1.35. The highest BCUT2D eigenvalue weighted by Crippen LogP contribution is 2.26. The smallest absolute Gasteiger partial charge is 0.306 e. The molecular formula is C12H14O3. The average Bonchev–Trinajstić information content (AvgIpc) is 2.27. The van der Waals surface area contributed by atoms with Crippen molar-refractivity contribution < 1.29 is 15.0 Å². The van der Waals surface area contributed by atoms with E-state index in [1.54, 1.807) is 0 Å². The second kappa shape index (κ2) is 4.03. The molecule has 2 rings (SSSR count). The van der Waals surface area contributed by atoms with Crippen molar-refractivity contribution in [3.8, 4) is 0 Å². The van der Waals surface area contributed by atoms with Crippen LogP contribution in [0.4, 0.5) is 0 Å². The second-order valence-corrected chi connectivity index (χ2v) is 4.04. The van der Waals surface area contributed by atoms with Gasteiger partial charge >= 0.3 is 5.97 Å². The fourth-order valence-electron chi connectivity index (χ4n) is 2.12. The molecule has 80 valence electrons. The summed E-state index contributed by atoms with van der Waals surface area (Å²) in [7, 11) is 0. The van der Waals surface area contributed by atoms with E-state index in [0.717, 1.165) is 17.5 Å². The first-order chi connectivity index (χ1) is 7.20. The van der Waals surface area contributed by atoms with Gasteiger partial charge in [0.05, 0.1) is 12.5 Å². The van der Waals surface area contributed by atoms with E-state index in [1.807, 2.05) is 18.2 Å². The third kappa shape index (κ3) is 2.02. The second-order valence-electron chi connectivity index (χ2n) is 4.04. The first-order valence-corrected chi connectivity index (χ1v) is 5.15. The molecule has 0 amide bonds. The fraction of sp³-hybridized carbons (Fsp3) is 0.417. The van der Waals surface area contributed by atoms with Crippen LogP contribution in [0.2, 0.25) is 0 Å². The number of aliphatic hydroxyl groups is 1. The van der Waals surface area contributed by atoms with Gasteiger partial charge in [0.1, 0.15) is 0 Å². The van der Waals surface area contributed by atoms with Crippen LogP contribution in [0.1, 0.15) is 23.1 Å². The van der Waals surface area contributed by atoms with E-state index in [0.29, 0.717) is 12.8 Å². The molecule has 0 saturated carbocycles. The lowest BCUT2D eigenvalue weighted by Crippen LogP contribution is -2.22. The van der Waals surface area contributed by atoms with E-state index in [2.05, 4.69) is 0 Å². The minimum Gasteiger partial charge on any atom is -0.481 e. The Morgan fingerprint density at radius 3 is 2.87 bits per heavy atom. The molecule has 3 nitrogen and oxygen atoms in total. The van der Waals surface area contributed by atoms with Crippen molar-refractivity contribution in [2.24, 2.45) is 5.92 Å². The molecule has 0 aromatic heterocycles. The Morgan fingerprint density at radius 2 is 2.20 bits per heavy atom. The Bertz CT molecular complexity index is 384. The lowest BCUT2D eigenvalue weighted by atomic mass is 9.83. The molecule has 0 heterocycles. The molecule has 1 aromatic carbocycles. The lowest BCUT2D eigenvalue weighted by Gasteiger charge is -2.21. The van der Waals surface area contributed by atoms with Gasteiger partial charge in [0.25, 0.3) is 0 Å². The highest BCUT2D eigenvalue weighted by molar-refractivity contribution is 5.71. The number of aliphatic carboxylic acids is 1. The van der Waals surface area contributed by atoms with Crippen LogP contribution in [-0.4, -0.2) is 16.2 Å². The predicted molar refractivity (Wildman–Crippen MR) is 55.5 cm³/mol. The summed E-state index contributed by atoms with van der Waals surface area (Å²) in [6, 6.07) is 5.78. The van der Waals surface area contributed by atoms with Crippen molar-refractivity contribution in [1.29, 1.82) is 0 Å². The number of rotatable bonds is 2. The van der Waals surface area contributed by atoms with Crippen LogP contribution in [0.5, 0.6) is 0 Å². The molecule has 0 fully saturated rings. The van der Waals surface area contributed by atoms with Gasteiger partial charge in [-0.25, -0.2) is 0 Å². The topological polar surface area (TPSA) is 57.5 Å². The molecule has 1 aromatic rings. The Kier molecular flexibility index (Phi) is 2.73. The standard InChI is InChI=1S/C12H14O3/c13-7-8-1-2-10-6-11(12(14)15)4-3-9(10)5-8/h1-2,5,11,13H,3-4,6-7H2,(H,14,15). The molecule has 1 aliphatic rings. The third-order valence-electron chi connectivity index (χ3n) is 3.03. The van der Waals surface area contributed by atoms with E-state index in [-0.39, 0.29) is 12.5 Å². The first-order valence-electron chi connectivity index (χ1n) is 5.15. The van der Waals surface area contributed by atoms with Crippen molar-refractivity contribution in [1.82, 2.24) is 0 Å². The van der Waals surface area contributed by atoms with Gasteiger partial charge in [-0.05, 0) is 36.0 Å². The zero-order chi connectivity index (χ0) is 10.8. The summed E-state index contributed by atoms with van der Waals surface area (Å²) in [5.41, 5.74) is 3.22. The number of hydrogen-bond acceptors (Lipinski definition) is 2. The Balaban J connectivity index is 2.24. The van der Waals surface area contributed by atoms with E-state index >= 15 is 0 Å². The molecule has 2 N–H and O–H groups in total. The quantitative estimate of drug-likeness (QED) is 0.768. The summed E-state index contributed by atoms with van der Waals surface area (Å²) in [6.07, 6.45) is 2.13. The van der Waals surface area contributed by atoms with Gasteiger partial charge in [-0.2, -0.15) is 0 Å². The maximum absolute atomic E-state index is 10.8. The zero-order valence-electron chi connectivity index (χ0n) is 8.44. The highest BCUT2D eigenvalue weighted by atomic mass is 16.4. The van der Waals surface area contributed by atoms with E-state index in [4.69, 9.17) is 10.2 Å². The monoisotopic (exact) mass is 206 g/mol. The van der Waals surface area contributed by atoms with Crippen LogP contribution in [0.15, 0.2) is 18.2 Å². The number of aryl methyl sites for hydroxylation is 1. The van der Waals surface area contributed by atoms with E-state index in [1.165, 1.54) is 5.56 Å². The maximum atomic E-state index is 10.8. The minimum absolute atomic E-state index is 0.0512. The molecule has 0 aliphatic heterocycles. The summed E-state index contributed by atoms with van der Waals surface area (Å²) in [6.45, 7) is 0.0512. The van der Waals surface area contributed by atoms with Gasteiger partial charge in [-0.1, -0.05) is 18.2 Å². The van der Waals surface area contributed by atoms with Crippen LogP contribution in [0.3, 0.4) is 0 Å². The number of carboxylic acids is 1. The first kappa shape index (κ1) is 10.2. The molecule has 1 atom stereocenters. The van der Waals surface area contributed by atoms with Crippen molar-refractivity contribution in [3.63, 3.8) is 0 Å². The summed E-state index contributed by atoms with van der Waals surface area (Å²) < 4.78 is 0. The molecule has 0 radical (unpaired) electrons. The van der Waals surface area contributed by atoms with Gasteiger partial charge < -0.3 is 10.2 Å². The number of fused-ring (bicyclic) bond motifs is 1. The molecular weight excluding hydrogens is 192 g/mol. The van der Waals surface area contributed by atoms with E-state index in [9.17, 15) is 4.79 Å². The molecule has 1 aliphatic carbocycles.